The lowest BCUT2D eigenvalue weighted by Crippen LogP contribution is -2.50. The molecular formula is C20H26N2O4S. The predicted molar refractivity (Wildman–Crippen MR) is 103 cm³/mol. The van der Waals surface area contributed by atoms with Crippen LogP contribution in [0.3, 0.4) is 0 Å². The Morgan fingerprint density at radius 1 is 1.44 bits per heavy atom. The predicted octanol–water partition coefficient (Wildman–Crippen LogP) is 3.17. The average Bonchev–Trinajstić information content (AvgIpc) is 3.18. The molecule has 1 aliphatic rings. The van der Waals surface area contributed by atoms with E-state index >= 15 is 0 Å². The third kappa shape index (κ3) is 5.98. The molecule has 1 amide bonds. The molecule has 6 nitrogen and oxygen atoms in total. The minimum atomic E-state index is -1.00. The molecule has 1 aliphatic heterocycles. The summed E-state index contributed by atoms with van der Waals surface area (Å²) in [5.74, 6) is -0.342. The lowest BCUT2D eigenvalue weighted by molar-refractivity contribution is -0.125. The van der Waals surface area contributed by atoms with Crippen LogP contribution in [0.15, 0.2) is 29.2 Å². The number of ether oxygens (including phenoxy) is 2. The highest BCUT2D eigenvalue weighted by Crippen LogP contribution is 2.27. The monoisotopic (exact) mass is 390 g/mol. The largest absolute Gasteiger partial charge is 0.452 e. The Bertz CT molecular complexity index is 710. The molecule has 0 radical (unpaired) electrons. The van der Waals surface area contributed by atoms with E-state index in [1.165, 1.54) is 0 Å². The molecule has 2 rings (SSSR count). The van der Waals surface area contributed by atoms with Crippen molar-refractivity contribution in [1.82, 2.24) is 5.32 Å². The second-order valence-electron chi connectivity index (χ2n) is 7.04. The molecule has 0 spiro atoms. The Labute approximate surface area is 164 Å². The molecule has 2 atom stereocenters. The van der Waals surface area contributed by atoms with Crippen molar-refractivity contribution < 1.29 is 19.1 Å². The lowest BCUT2D eigenvalue weighted by atomic mass is 9.90. The zero-order valence-electron chi connectivity index (χ0n) is 16.0. The minimum Gasteiger partial charge on any atom is -0.452 e. The summed E-state index contributed by atoms with van der Waals surface area (Å²) in [6, 6.07) is 9.27. The number of benzene rings is 1. The zero-order chi connectivity index (χ0) is 19.9. The van der Waals surface area contributed by atoms with E-state index in [0.29, 0.717) is 5.56 Å². The summed E-state index contributed by atoms with van der Waals surface area (Å²) in [5.41, 5.74) is -0.571. The second kappa shape index (κ2) is 9.77. The van der Waals surface area contributed by atoms with E-state index in [2.05, 4.69) is 11.4 Å². The maximum Gasteiger partial charge on any atom is 0.339 e. The van der Waals surface area contributed by atoms with Crippen molar-refractivity contribution >= 4 is 23.6 Å². The van der Waals surface area contributed by atoms with Gasteiger partial charge in [-0.05, 0) is 37.8 Å². The van der Waals surface area contributed by atoms with E-state index < -0.39 is 24.0 Å². The van der Waals surface area contributed by atoms with Crippen LogP contribution >= 0.6 is 11.8 Å². The highest BCUT2D eigenvalue weighted by molar-refractivity contribution is 7.99. The Hall–Kier alpha value is -2.04. The fraction of sp³-hybridized carbons (Fsp3) is 0.550. The third-order valence-electron chi connectivity index (χ3n) is 4.68. The number of rotatable bonds is 8. The Balaban J connectivity index is 1.92. The molecule has 7 heteroatoms. The van der Waals surface area contributed by atoms with Crippen LogP contribution in [0.25, 0.3) is 0 Å². The summed E-state index contributed by atoms with van der Waals surface area (Å²) < 4.78 is 10.8. The van der Waals surface area contributed by atoms with Crippen LogP contribution in [-0.2, 0) is 14.3 Å². The molecule has 0 saturated carbocycles. The van der Waals surface area contributed by atoms with E-state index in [9.17, 15) is 14.9 Å². The number of nitrogens with zero attached hydrogens (tertiary/aromatic N) is 1. The van der Waals surface area contributed by atoms with Crippen LogP contribution in [0.2, 0.25) is 0 Å². The molecule has 1 aromatic carbocycles. The maximum atomic E-state index is 12.4. The van der Waals surface area contributed by atoms with Gasteiger partial charge in [-0.25, -0.2) is 4.79 Å². The molecule has 0 aliphatic carbocycles. The Morgan fingerprint density at radius 3 is 2.81 bits per heavy atom. The SMILES string of the molecule is CC(C)[C@](C)(C#N)NC(=O)COC(=O)c1ccccc1SC[C@@H]1CCCO1. The topological polar surface area (TPSA) is 88.4 Å². The zero-order valence-corrected chi connectivity index (χ0v) is 16.8. The quantitative estimate of drug-likeness (QED) is 0.542. The first-order valence-electron chi connectivity index (χ1n) is 9.08. The molecule has 1 fully saturated rings. The fourth-order valence-corrected chi connectivity index (χ4v) is 3.67. The minimum absolute atomic E-state index is 0.0721. The summed E-state index contributed by atoms with van der Waals surface area (Å²) >= 11 is 1.55. The highest BCUT2D eigenvalue weighted by atomic mass is 32.2. The number of thioether (sulfide) groups is 1. The van der Waals surface area contributed by atoms with E-state index in [0.717, 1.165) is 30.1 Å². The van der Waals surface area contributed by atoms with Gasteiger partial charge < -0.3 is 14.8 Å². The summed E-state index contributed by atoms with van der Waals surface area (Å²) in [5, 5.41) is 11.9. The van der Waals surface area contributed by atoms with E-state index in [1.807, 2.05) is 26.0 Å². The van der Waals surface area contributed by atoms with Gasteiger partial charge in [-0.3, -0.25) is 4.79 Å². The normalized spacial score (nSPS) is 18.6. The highest BCUT2D eigenvalue weighted by Gasteiger charge is 2.30. The van der Waals surface area contributed by atoms with Gasteiger partial charge in [0.1, 0.15) is 5.54 Å². The average molecular weight is 391 g/mol. The summed E-state index contributed by atoms with van der Waals surface area (Å²) in [4.78, 5) is 25.3. The second-order valence-corrected chi connectivity index (χ2v) is 8.10. The van der Waals surface area contributed by atoms with Crippen molar-refractivity contribution in [3.8, 4) is 6.07 Å². The van der Waals surface area contributed by atoms with Crippen LogP contribution < -0.4 is 5.32 Å². The van der Waals surface area contributed by atoms with Crippen molar-refractivity contribution in [3.05, 3.63) is 29.8 Å². The first-order chi connectivity index (χ1) is 12.9. The number of hydrogen-bond donors (Lipinski definition) is 1. The smallest absolute Gasteiger partial charge is 0.339 e. The Kier molecular flexibility index (Phi) is 7.69. The van der Waals surface area contributed by atoms with Gasteiger partial charge in [0.15, 0.2) is 6.61 Å². The molecular weight excluding hydrogens is 364 g/mol. The van der Waals surface area contributed by atoms with Crippen molar-refractivity contribution in [1.29, 1.82) is 5.26 Å². The number of carbonyl (C=O) groups is 2. The van der Waals surface area contributed by atoms with Crippen LogP contribution in [0.1, 0.15) is 44.0 Å². The van der Waals surface area contributed by atoms with Gasteiger partial charge in [0, 0.05) is 17.3 Å². The summed E-state index contributed by atoms with van der Waals surface area (Å²) in [6.45, 7) is 5.71. The van der Waals surface area contributed by atoms with Gasteiger partial charge in [0.2, 0.25) is 0 Å². The van der Waals surface area contributed by atoms with Crippen LogP contribution in [0.5, 0.6) is 0 Å². The molecule has 0 aromatic heterocycles. The molecule has 0 bridgehead atoms. The fourth-order valence-electron chi connectivity index (χ4n) is 2.56. The first-order valence-corrected chi connectivity index (χ1v) is 10.1. The van der Waals surface area contributed by atoms with Gasteiger partial charge in [0.05, 0.1) is 17.7 Å². The Morgan fingerprint density at radius 2 is 2.19 bits per heavy atom. The van der Waals surface area contributed by atoms with E-state index in [-0.39, 0.29) is 12.0 Å². The first kappa shape index (κ1) is 21.3. The van der Waals surface area contributed by atoms with Gasteiger partial charge in [-0.2, -0.15) is 5.26 Å². The number of carbonyl (C=O) groups excluding carboxylic acids is 2. The number of nitriles is 1. The molecule has 1 heterocycles. The van der Waals surface area contributed by atoms with Gasteiger partial charge in [0.25, 0.3) is 5.91 Å². The number of amides is 1. The van der Waals surface area contributed by atoms with Crippen LogP contribution in [0.4, 0.5) is 0 Å². The lowest BCUT2D eigenvalue weighted by Gasteiger charge is -2.27. The molecule has 146 valence electrons. The standard InChI is InChI=1S/C20H26N2O4S/c1-14(2)20(3,13-21)22-18(23)11-26-19(24)16-8-4-5-9-17(16)27-12-15-7-6-10-25-15/h4-5,8-9,14-15H,6-7,10-12H2,1-3H3,(H,22,23)/t15-,20-/m0/s1. The molecule has 1 N–H and O–H groups in total. The maximum absolute atomic E-state index is 12.4. The van der Waals surface area contributed by atoms with Gasteiger partial charge >= 0.3 is 5.97 Å². The van der Waals surface area contributed by atoms with Gasteiger partial charge in [-0.1, -0.05) is 26.0 Å². The van der Waals surface area contributed by atoms with Gasteiger partial charge in [-0.15, -0.1) is 11.8 Å². The summed E-state index contributed by atoms with van der Waals surface area (Å²) in [7, 11) is 0. The van der Waals surface area contributed by atoms with Crippen molar-refractivity contribution in [3.63, 3.8) is 0 Å². The molecule has 27 heavy (non-hydrogen) atoms. The van der Waals surface area contributed by atoms with Crippen LogP contribution in [0, 0.1) is 17.2 Å². The summed E-state index contributed by atoms with van der Waals surface area (Å²) in [6.07, 6.45) is 2.32. The molecule has 1 saturated heterocycles. The van der Waals surface area contributed by atoms with E-state index in [1.54, 1.807) is 30.8 Å². The van der Waals surface area contributed by atoms with E-state index in [4.69, 9.17) is 9.47 Å². The van der Waals surface area contributed by atoms with Crippen molar-refractivity contribution in [2.45, 2.75) is 50.2 Å². The van der Waals surface area contributed by atoms with Crippen molar-refractivity contribution in [2.75, 3.05) is 19.0 Å². The third-order valence-corrected chi connectivity index (χ3v) is 5.88. The number of hydrogen-bond acceptors (Lipinski definition) is 6. The number of esters is 1. The molecule has 0 unspecified atom stereocenters. The molecule has 1 aromatic rings. The van der Waals surface area contributed by atoms with Crippen LogP contribution in [-0.4, -0.2) is 42.5 Å². The number of nitrogens with one attached hydrogen (secondary N) is 1. The van der Waals surface area contributed by atoms with Crippen molar-refractivity contribution in [2.24, 2.45) is 5.92 Å².